The molecule has 1 unspecified atom stereocenters. The van der Waals surface area contributed by atoms with Crippen molar-refractivity contribution >= 4 is 29.9 Å². The van der Waals surface area contributed by atoms with Gasteiger partial charge in [0.05, 0.1) is 0 Å². The maximum absolute atomic E-state index is 9.03. The second-order valence-corrected chi connectivity index (χ2v) is 5.04. The van der Waals surface area contributed by atoms with Gasteiger partial charge in [0, 0.05) is 33.3 Å². The maximum atomic E-state index is 9.03. The van der Waals surface area contributed by atoms with Crippen LogP contribution in [0.4, 0.5) is 0 Å². The molecule has 0 bridgehead atoms. The van der Waals surface area contributed by atoms with Crippen LogP contribution >= 0.6 is 24.0 Å². The molecule has 2 N–H and O–H groups in total. The van der Waals surface area contributed by atoms with Crippen molar-refractivity contribution in [1.29, 1.82) is 0 Å². The van der Waals surface area contributed by atoms with E-state index >= 15 is 0 Å². The van der Waals surface area contributed by atoms with Crippen molar-refractivity contribution in [1.82, 2.24) is 10.2 Å². The van der Waals surface area contributed by atoms with Gasteiger partial charge in [0.15, 0.2) is 5.96 Å². The van der Waals surface area contributed by atoms with E-state index in [4.69, 9.17) is 5.11 Å². The average Bonchev–Trinajstić information content (AvgIpc) is 2.42. The minimum atomic E-state index is 0. The molecule has 0 radical (unpaired) electrons. The summed E-state index contributed by atoms with van der Waals surface area (Å²) in [6.45, 7) is 10.5. The molecule has 0 saturated heterocycles. The number of nitrogens with one attached hydrogen (secondary N) is 1. The van der Waals surface area contributed by atoms with E-state index in [9.17, 15) is 0 Å². The van der Waals surface area contributed by atoms with E-state index < -0.39 is 0 Å². The first-order chi connectivity index (χ1) is 9.15. The molecule has 0 aromatic rings. The summed E-state index contributed by atoms with van der Waals surface area (Å²) in [5.74, 6) is 1.15. The fourth-order valence-corrected chi connectivity index (χ4v) is 1.69. The number of aliphatic hydroxyl groups is 1. The molecule has 20 heavy (non-hydrogen) atoms. The highest BCUT2D eigenvalue weighted by atomic mass is 127. The van der Waals surface area contributed by atoms with Crippen LogP contribution in [0.25, 0.3) is 0 Å². The molecule has 0 aliphatic carbocycles. The largest absolute Gasteiger partial charge is 0.396 e. The fraction of sp³-hybridized carbons (Fsp3) is 0.800. The van der Waals surface area contributed by atoms with Gasteiger partial charge in [0.1, 0.15) is 0 Å². The number of nitrogens with zero attached hydrogens (tertiary/aromatic N) is 2. The lowest BCUT2D eigenvalue weighted by Crippen LogP contribution is -2.39. The average molecular weight is 397 g/mol. The van der Waals surface area contributed by atoms with Gasteiger partial charge in [-0.3, -0.25) is 4.99 Å². The van der Waals surface area contributed by atoms with E-state index in [0.717, 1.165) is 25.5 Å². The molecule has 0 saturated carbocycles. The van der Waals surface area contributed by atoms with Gasteiger partial charge in [0.2, 0.25) is 0 Å². The lowest BCUT2D eigenvalue weighted by atomic mass is 10.2. The minimum Gasteiger partial charge on any atom is -0.396 e. The van der Waals surface area contributed by atoms with Gasteiger partial charge in [-0.05, 0) is 32.1 Å². The smallest absolute Gasteiger partial charge is 0.193 e. The third kappa shape index (κ3) is 11.5. The molecule has 5 heteroatoms. The monoisotopic (exact) mass is 397 g/mol. The third-order valence-electron chi connectivity index (χ3n) is 2.96. The summed E-state index contributed by atoms with van der Waals surface area (Å²) in [5.41, 5.74) is 0. The van der Waals surface area contributed by atoms with Gasteiger partial charge in [-0.15, -0.1) is 30.6 Å². The summed E-state index contributed by atoms with van der Waals surface area (Å²) < 4.78 is 0. The number of aliphatic imine (C=N–C) groups is 1. The summed E-state index contributed by atoms with van der Waals surface area (Å²) in [5, 5.41) is 12.3. The number of aliphatic hydroxyl groups excluding tert-OH is 1. The molecule has 120 valence electrons. The van der Waals surface area contributed by atoms with Crippen LogP contribution in [0.2, 0.25) is 0 Å². The van der Waals surface area contributed by atoms with Crippen molar-refractivity contribution in [2.75, 3.05) is 33.3 Å². The normalized spacial score (nSPS) is 12.5. The number of hydrogen-bond acceptors (Lipinski definition) is 2. The van der Waals surface area contributed by atoms with Crippen molar-refractivity contribution < 1.29 is 5.11 Å². The zero-order valence-electron chi connectivity index (χ0n) is 13.3. The van der Waals surface area contributed by atoms with E-state index in [1.165, 1.54) is 19.3 Å². The van der Waals surface area contributed by atoms with Crippen LogP contribution in [-0.2, 0) is 0 Å². The molecule has 0 aromatic heterocycles. The number of unbranched alkanes of at least 4 members (excludes halogenated alkanes) is 3. The first kappa shape index (κ1) is 22.0. The second kappa shape index (κ2) is 15.1. The molecule has 0 amide bonds. The summed E-state index contributed by atoms with van der Waals surface area (Å²) in [4.78, 5) is 6.72. The zero-order chi connectivity index (χ0) is 14.5. The zero-order valence-corrected chi connectivity index (χ0v) is 15.6. The molecule has 0 spiro atoms. The highest BCUT2D eigenvalue weighted by molar-refractivity contribution is 14.0. The topological polar surface area (TPSA) is 47.9 Å². The Balaban J connectivity index is 0. The quantitative estimate of drug-likeness (QED) is 0.196. The fourth-order valence-electron chi connectivity index (χ4n) is 1.69. The van der Waals surface area contributed by atoms with Crippen LogP contribution in [0.1, 0.15) is 39.5 Å². The van der Waals surface area contributed by atoms with Crippen molar-refractivity contribution in [2.45, 2.75) is 39.5 Å². The Bertz CT molecular complexity index is 260. The summed E-state index contributed by atoms with van der Waals surface area (Å²) in [6, 6.07) is 0. The lowest BCUT2D eigenvalue weighted by molar-refractivity contribution is 0.241. The van der Waals surface area contributed by atoms with Crippen molar-refractivity contribution in [3.8, 4) is 0 Å². The van der Waals surface area contributed by atoms with Gasteiger partial charge in [-0.2, -0.15) is 0 Å². The van der Waals surface area contributed by atoms with Crippen LogP contribution < -0.4 is 5.32 Å². The van der Waals surface area contributed by atoms with Crippen molar-refractivity contribution in [3.05, 3.63) is 12.7 Å². The Hall–Kier alpha value is -0.300. The van der Waals surface area contributed by atoms with Crippen LogP contribution in [0.15, 0.2) is 17.6 Å². The molecule has 0 rings (SSSR count). The van der Waals surface area contributed by atoms with Gasteiger partial charge in [-0.25, -0.2) is 0 Å². The molecule has 1 atom stereocenters. The second-order valence-electron chi connectivity index (χ2n) is 5.04. The summed E-state index contributed by atoms with van der Waals surface area (Å²) in [6.07, 6.45) is 6.69. The molecule has 0 aliphatic rings. The Morgan fingerprint density at radius 3 is 2.65 bits per heavy atom. The van der Waals surface area contributed by atoms with E-state index in [1.807, 2.05) is 13.0 Å². The minimum absolute atomic E-state index is 0. The van der Waals surface area contributed by atoms with Gasteiger partial charge < -0.3 is 15.3 Å². The number of halogens is 1. The molecule has 0 aromatic carbocycles. The van der Waals surface area contributed by atoms with Crippen molar-refractivity contribution in [2.24, 2.45) is 10.9 Å². The van der Waals surface area contributed by atoms with Gasteiger partial charge >= 0.3 is 0 Å². The van der Waals surface area contributed by atoms with Crippen LogP contribution in [0, 0.1) is 5.92 Å². The first-order valence-electron chi connectivity index (χ1n) is 7.36. The summed E-state index contributed by atoms with van der Waals surface area (Å²) >= 11 is 0. The van der Waals surface area contributed by atoms with Crippen LogP contribution in [-0.4, -0.2) is 49.3 Å². The van der Waals surface area contributed by atoms with E-state index in [-0.39, 0.29) is 36.5 Å². The molecule has 0 fully saturated rings. The molecule has 0 aliphatic heterocycles. The number of rotatable bonds is 10. The van der Waals surface area contributed by atoms with Crippen LogP contribution in [0.5, 0.6) is 0 Å². The van der Waals surface area contributed by atoms with Gasteiger partial charge in [0.25, 0.3) is 0 Å². The Morgan fingerprint density at radius 2 is 2.10 bits per heavy atom. The van der Waals surface area contributed by atoms with Gasteiger partial charge in [-0.1, -0.05) is 19.4 Å². The lowest BCUT2D eigenvalue weighted by Gasteiger charge is -2.22. The van der Waals surface area contributed by atoms with E-state index in [1.54, 1.807) is 0 Å². The highest BCUT2D eigenvalue weighted by Crippen LogP contribution is 2.02. The summed E-state index contributed by atoms with van der Waals surface area (Å²) in [7, 11) is 2.07. The predicted octanol–water partition coefficient (Wildman–Crippen LogP) is 2.88. The van der Waals surface area contributed by atoms with Crippen molar-refractivity contribution in [3.63, 3.8) is 0 Å². The first-order valence-corrected chi connectivity index (χ1v) is 7.36. The number of allylic oxidation sites excluding steroid dienone is 1. The maximum Gasteiger partial charge on any atom is 0.193 e. The van der Waals surface area contributed by atoms with Crippen LogP contribution in [0.3, 0.4) is 0 Å². The third-order valence-corrected chi connectivity index (χ3v) is 2.96. The molecule has 4 nitrogen and oxygen atoms in total. The number of guanidine groups is 1. The SMILES string of the molecule is C=CCCCCCN(C)C(=NCC(C)CO)NCC.I. The van der Waals surface area contributed by atoms with E-state index in [2.05, 4.69) is 35.8 Å². The standard InChI is InChI=1S/C15H31N3O.HI/c1-5-7-8-9-10-11-18(4)15(16-6-2)17-12-14(3)13-19;/h5,14,19H,1,6-13H2,2-4H3,(H,16,17);1H. The Morgan fingerprint density at radius 1 is 1.40 bits per heavy atom. The highest BCUT2D eigenvalue weighted by Gasteiger charge is 2.06. The number of hydrogen-bond donors (Lipinski definition) is 2. The van der Waals surface area contributed by atoms with E-state index in [0.29, 0.717) is 6.54 Å². The Kier molecular flexibility index (Phi) is 16.6. The molecular weight excluding hydrogens is 365 g/mol. The predicted molar refractivity (Wildman–Crippen MR) is 98.9 cm³/mol. The Labute approximate surface area is 141 Å². The molecular formula is C15H32IN3O. The molecule has 0 heterocycles.